The Morgan fingerprint density at radius 3 is 2.00 bits per heavy atom. The van der Waals surface area contributed by atoms with Crippen molar-refractivity contribution in [2.45, 2.75) is 12.3 Å². The lowest BCUT2D eigenvalue weighted by atomic mass is 9.67. The molecule has 1 aliphatic rings. The summed E-state index contributed by atoms with van der Waals surface area (Å²) in [5.74, 6) is 0. The molecule has 4 aromatic carbocycles. The van der Waals surface area contributed by atoms with Crippen molar-refractivity contribution >= 4 is 15.9 Å². The Morgan fingerprint density at radius 1 is 0.593 bits per heavy atom. The maximum absolute atomic E-state index is 3.72. The van der Waals surface area contributed by atoms with Crippen LogP contribution in [0.5, 0.6) is 0 Å². The van der Waals surface area contributed by atoms with Gasteiger partial charge in [-0.25, -0.2) is 0 Å². The van der Waals surface area contributed by atoms with Crippen molar-refractivity contribution in [1.29, 1.82) is 0 Å². The molecule has 0 amide bonds. The molecule has 0 bridgehead atoms. The molecule has 0 saturated carbocycles. The van der Waals surface area contributed by atoms with Crippen LogP contribution in [0.4, 0.5) is 0 Å². The molecule has 0 N–H and O–H groups in total. The van der Waals surface area contributed by atoms with Crippen LogP contribution >= 0.6 is 15.9 Å². The number of fused-ring (bicyclic) bond motifs is 3. The molecule has 4 aromatic rings. The van der Waals surface area contributed by atoms with Crippen molar-refractivity contribution in [3.63, 3.8) is 0 Å². The summed E-state index contributed by atoms with van der Waals surface area (Å²) in [6.07, 6.45) is 0. The minimum atomic E-state index is -0.301. The van der Waals surface area contributed by atoms with Crippen LogP contribution in [0, 0.1) is 6.92 Å². The first-order valence-corrected chi connectivity index (χ1v) is 10.0. The van der Waals surface area contributed by atoms with Gasteiger partial charge in [-0.2, -0.15) is 0 Å². The maximum atomic E-state index is 3.72. The Labute approximate surface area is 168 Å². The Kier molecular flexibility index (Phi) is 3.80. The van der Waals surface area contributed by atoms with Gasteiger partial charge in [-0.3, -0.25) is 0 Å². The topological polar surface area (TPSA) is 0 Å². The van der Waals surface area contributed by atoms with Gasteiger partial charge in [0.25, 0.3) is 0 Å². The molecular weight excluding hydrogens is 392 g/mol. The summed E-state index contributed by atoms with van der Waals surface area (Å²) in [5, 5.41) is 0. The van der Waals surface area contributed by atoms with Gasteiger partial charge in [-0.05, 0) is 52.4 Å². The van der Waals surface area contributed by atoms with E-state index in [1.165, 1.54) is 38.9 Å². The third-order valence-electron chi connectivity index (χ3n) is 5.70. The third-order valence-corrected chi connectivity index (χ3v) is 6.19. The summed E-state index contributed by atoms with van der Waals surface area (Å²) in [5.41, 5.74) is 8.93. The average molecular weight is 411 g/mol. The summed E-state index contributed by atoms with van der Waals surface area (Å²) in [7, 11) is 0. The van der Waals surface area contributed by atoms with Crippen molar-refractivity contribution in [3.05, 3.63) is 129 Å². The first-order chi connectivity index (χ1) is 13.2. The van der Waals surface area contributed by atoms with E-state index in [1.54, 1.807) is 0 Å². The van der Waals surface area contributed by atoms with Crippen molar-refractivity contribution in [3.8, 4) is 11.1 Å². The van der Waals surface area contributed by atoms with E-state index in [9.17, 15) is 0 Å². The molecule has 5 rings (SSSR count). The van der Waals surface area contributed by atoms with Gasteiger partial charge in [-0.1, -0.05) is 106 Å². The first kappa shape index (κ1) is 16.5. The molecule has 0 fully saturated rings. The van der Waals surface area contributed by atoms with Crippen molar-refractivity contribution in [2.24, 2.45) is 0 Å². The largest absolute Gasteiger partial charge is 0.0713 e. The van der Waals surface area contributed by atoms with E-state index in [1.807, 2.05) is 0 Å². The lowest BCUT2D eigenvalue weighted by Crippen LogP contribution is -2.28. The van der Waals surface area contributed by atoms with Gasteiger partial charge in [0.2, 0.25) is 0 Å². The average Bonchev–Trinajstić information content (AvgIpc) is 3.00. The second-order valence-corrected chi connectivity index (χ2v) is 8.13. The van der Waals surface area contributed by atoms with Crippen LogP contribution in [0.1, 0.15) is 27.8 Å². The van der Waals surface area contributed by atoms with Gasteiger partial charge in [0.15, 0.2) is 0 Å². The minimum Gasteiger partial charge on any atom is -0.0622 e. The fraction of sp³-hybridized carbons (Fsp3) is 0.0769. The van der Waals surface area contributed by atoms with Gasteiger partial charge in [0.05, 0.1) is 5.41 Å². The minimum absolute atomic E-state index is 0.301. The Morgan fingerprint density at radius 2 is 1.22 bits per heavy atom. The van der Waals surface area contributed by atoms with Gasteiger partial charge in [0.1, 0.15) is 0 Å². The highest BCUT2D eigenvalue weighted by Crippen LogP contribution is 2.56. The van der Waals surface area contributed by atoms with Gasteiger partial charge in [0, 0.05) is 4.47 Å². The Hall–Kier alpha value is -2.64. The van der Waals surface area contributed by atoms with Crippen molar-refractivity contribution < 1.29 is 0 Å². The first-order valence-electron chi connectivity index (χ1n) is 9.24. The maximum Gasteiger partial charge on any atom is 0.0713 e. The number of rotatable bonds is 2. The van der Waals surface area contributed by atoms with E-state index in [-0.39, 0.29) is 5.41 Å². The van der Waals surface area contributed by atoms with Crippen LogP contribution in [-0.4, -0.2) is 0 Å². The predicted molar refractivity (Wildman–Crippen MR) is 116 cm³/mol. The second kappa shape index (κ2) is 6.21. The molecule has 0 saturated heterocycles. The number of benzene rings is 4. The molecule has 0 aliphatic heterocycles. The van der Waals surface area contributed by atoms with Gasteiger partial charge < -0.3 is 0 Å². The predicted octanol–water partition coefficient (Wildman–Crippen LogP) is 7.12. The normalized spacial score (nSPS) is 17.4. The van der Waals surface area contributed by atoms with Crippen LogP contribution in [0.2, 0.25) is 0 Å². The van der Waals surface area contributed by atoms with E-state index in [0.29, 0.717) is 0 Å². The molecule has 1 aliphatic carbocycles. The van der Waals surface area contributed by atoms with Gasteiger partial charge >= 0.3 is 0 Å². The number of aryl methyl sites for hydroxylation is 1. The third kappa shape index (κ3) is 2.35. The molecule has 0 aromatic heterocycles. The van der Waals surface area contributed by atoms with E-state index in [0.717, 1.165) is 4.47 Å². The summed E-state index contributed by atoms with van der Waals surface area (Å²) in [6, 6.07) is 35.4. The fourth-order valence-electron chi connectivity index (χ4n) is 4.53. The van der Waals surface area contributed by atoms with Crippen LogP contribution in [-0.2, 0) is 5.41 Å². The van der Waals surface area contributed by atoms with Crippen LogP contribution in [0.25, 0.3) is 11.1 Å². The zero-order chi connectivity index (χ0) is 18.4. The quantitative estimate of drug-likeness (QED) is 0.290. The molecule has 0 nitrogen and oxygen atoms in total. The molecular formula is C26H19Br. The molecule has 0 radical (unpaired) electrons. The molecule has 1 heteroatoms. The second-order valence-electron chi connectivity index (χ2n) is 7.22. The summed E-state index contributed by atoms with van der Waals surface area (Å²) < 4.78 is 1.11. The highest BCUT2D eigenvalue weighted by Gasteiger charge is 2.45. The van der Waals surface area contributed by atoms with Crippen LogP contribution in [0.15, 0.2) is 102 Å². The zero-order valence-corrected chi connectivity index (χ0v) is 16.7. The molecule has 1 atom stereocenters. The van der Waals surface area contributed by atoms with Crippen molar-refractivity contribution in [2.75, 3.05) is 0 Å². The lowest BCUT2D eigenvalue weighted by Gasteiger charge is -2.34. The van der Waals surface area contributed by atoms with E-state index in [4.69, 9.17) is 0 Å². The van der Waals surface area contributed by atoms with E-state index in [2.05, 4.69) is 120 Å². The Balaban J connectivity index is 1.97. The molecule has 0 heterocycles. The molecule has 1 unspecified atom stereocenters. The molecule has 130 valence electrons. The number of hydrogen-bond acceptors (Lipinski definition) is 0. The van der Waals surface area contributed by atoms with Crippen LogP contribution in [0.3, 0.4) is 0 Å². The smallest absolute Gasteiger partial charge is 0.0622 e. The zero-order valence-electron chi connectivity index (χ0n) is 15.1. The summed E-state index contributed by atoms with van der Waals surface area (Å²) in [6.45, 7) is 2.14. The SMILES string of the molecule is Cc1ccc(C2(c3ccccc3)c3ccccc3-c3ccc(Br)cc32)cc1. The highest BCUT2D eigenvalue weighted by atomic mass is 79.9. The number of hydrogen-bond donors (Lipinski definition) is 0. The highest BCUT2D eigenvalue weighted by molar-refractivity contribution is 9.10. The fourth-order valence-corrected chi connectivity index (χ4v) is 4.89. The monoisotopic (exact) mass is 410 g/mol. The van der Waals surface area contributed by atoms with E-state index < -0.39 is 0 Å². The number of halogens is 1. The van der Waals surface area contributed by atoms with Gasteiger partial charge in [-0.15, -0.1) is 0 Å². The lowest BCUT2D eigenvalue weighted by molar-refractivity contribution is 0.767. The summed E-state index contributed by atoms with van der Waals surface area (Å²) in [4.78, 5) is 0. The van der Waals surface area contributed by atoms with E-state index >= 15 is 0 Å². The molecule has 0 spiro atoms. The summed E-state index contributed by atoms with van der Waals surface area (Å²) >= 11 is 3.72. The molecule has 27 heavy (non-hydrogen) atoms. The van der Waals surface area contributed by atoms with Crippen molar-refractivity contribution in [1.82, 2.24) is 0 Å². The van der Waals surface area contributed by atoms with Crippen LogP contribution < -0.4 is 0 Å². The standard InChI is InChI=1S/C26H19Br/c1-18-11-13-20(14-12-18)26(19-7-3-2-4-8-19)24-10-6-5-9-22(24)23-16-15-21(27)17-25(23)26/h2-17H,1H3. The Bertz CT molecular complexity index is 1130.